The van der Waals surface area contributed by atoms with E-state index in [1.165, 1.54) is 0 Å². The number of aliphatic hydroxyl groups excluding tert-OH is 1. The van der Waals surface area contributed by atoms with E-state index in [0.29, 0.717) is 6.42 Å². The first-order valence-corrected chi connectivity index (χ1v) is 5.11. The van der Waals surface area contributed by atoms with Gasteiger partial charge in [0, 0.05) is 19.2 Å². The van der Waals surface area contributed by atoms with Crippen LogP contribution >= 0.6 is 0 Å². The zero-order valence-corrected chi connectivity index (χ0v) is 9.66. The first-order chi connectivity index (χ1) is 6.79. The summed E-state index contributed by atoms with van der Waals surface area (Å²) in [5, 5.41) is 20.6. The Morgan fingerprint density at radius 2 is 2.00 bits per heavy atom. The van der Waals surface area contributed by atoms with Gasteiger partial charge < -0.3 is 21.3 Å². The highest BCUT2D eigenvalue weighted by Crippen LogP contribution is 2.21. The number of carbonyl (C=O) groups is 1. The van der Waals surface area contributed by atoms with Gasteiger partial charge in [0.25, 0.3) is 0 Å². The lowest BCUT2D eigenvalue weighted by Gasteiger charge is -2.31. The normalized spacial score (nSPS) is 16.1. The van der Waals surface area contributed by atoms with Crippen molar-refractivity contribution in [2.24, 2.45) is 11.1 Å². The molecular formula is C10H22N2O3. The average molecular weight is 218 g/mol. The molecule has 0 fully saturated rings. The third-order valence-electron chi connectivity index (χ3n) is 2.36. The third-order valence-corrected chi connectivity index (χ3v) is 2.36. The maximum atomic E-state index is 10.5. The molecule has 0 spiro atoms. The van der Waals surface area contributed by atoms with Gasteiger partial charge in [0.15, 0.2) is 0 Å². The van der Waals surface area contributed by atoms with E-state index in [1.54, 1.807) is 0 Å². The fraction of sp³-hybridized carbons (Fsp3) is 0.900. The summed E-state index contributed by atoms with van der Waals surface area (Å²) in [5.74, 6) is -1.01. The van der Waals surface area contributed by atoms with Crippen molar-refractivity contribution in [1.82, 2.24) is 5.32 Å². The molecule has 90 valence electrons. The maximum absolute atomic E-state index is 10.5. The number of rotatable bonds is 6. The van der Waals surface area contributed by atoms with Crippen molar-refractivity contribution in [2.45, 2.75) is 39.3 Å². The van der Waals surface area contributed by atoms with Gasteiger partial charge in [0.05, 0.1) is 0 Å². The molecule has 15 heavy (non-hydrogen) atoms. The Morgan fingerprint density at radius 1 is 1.47 bits per heavy atom. The van der Waals surface area contributed by atoms with Gasteiger partial charge in [-0.2, -0.15) is 0 Å². The third kappa shape index (κ3) is 5.71. The quantitative estimate of drug-likeness (QED) is 0.494. The smallest absolute Gasteiger partial charge is 0.321 e. The van der Waals surface area contributed by atoms with Crippen LogP contribution in [-0.2, 0) is 4.79 Å². The summed E-state index contributed by atoms with van der Waals surface area (Å²) >= 11 is 0. The van der Waals surface area contributed by atoms with E-state index in [1.807, 2.05) is 20.8 Å². The number of aliphatic carboxylic acids is 1. The lowest BCUT2D eigenvalue weighted by Crippen LogP contribution is -2.48. The van der Waals surface area contributed by atoms with Crippen LogP contribution in [0.5, 0.6) is 0 Å². The molecule has 0 radical (unpaired) electrons. The molecule has 2 unspecified atom stereocenters. The van der Waals surface area contributed by atoms with Gasteiger partial charge in [-0.15, -0.1) is 0 Å². The molecule has 5 nitrogen and oxygen atoms in total. The monoisotopic (exact) mass is 218 g/mol. The summed E-state index contributed by atoms with van der Waals surface area (Å²) in [7, 11) is 0. The Bertz CT molecular complexity index is 201. The van der Waals surface area contributed by atoms with Crippen molar-refractivity contribution in [1.29, 1.82) is 0 Å². The number of hydrogen-bond donors (Lipinski definition) is 4. The fourth-order valence-electron chi connectivity index (χ4n) is 1.33. The Balaban J connectivity index is 4.13. The second kappa shape index (κ2) is 6.05. The minimum atomic E-state index is -1.01. The van der Waals surface area contributed by atoms with Crippen LogP contribution in [0.25, 0.3) is 0 Å². The molecule has 0 aromatic carbocycles. The van der Waals surface area contributed by atoms with Crippen molar-refractivity contribution < 1.29 is 15.0 Å². The van der Waals surface area contributed by atoms with Crippen LogP contribution in [0.1, 0.15) is 27.2 Å². The van der Waals surface area contributed by atoms with Crippen LogP contribution in [0.2, 0.25) is 0 Å². The van der Waals surface area contributed by atoms with Gasteiger partial charge in [0.2, 0.25) is 0 Å². The number of carboxylic acids is 1. The predicted molar refractivity (Wildman–Crippen MR) is 58.6 cm³/mol. The van der Waals surface area contributed by atoms with Gasteiger partial charge in [0.1, 0.15) is 6.04 Å². The average Bonchev–Trinajstić information content (AvgIpc) is 2.09. The van der Waals surface area contributed by atoms with E-state index in [4.69, 9.17) is 15.9 Å². The van der Waals surface area contributed by atoms with E-state index in [2.05, 4.69) is 5.32 Å². The standard InChI is InChI=1S/C10H22N2O3/c1-10(2,3)8(4-5-13)12-6-7(11)9(14)15/h7-8,12-13H,4-6,11H2,1-3H3,(H,14,15). The molecule has 0 aromatic rings. The molecule has 0 saturated carbocycles. The van der Waals surface area contributed by atoms with E-state index in [0.717, 1.165) is 0 Å². The molecule has 0 aliphatic carbocycles. The molecule has 0 bridgehead atoms. The predicted octanol–water partition coefficient (Wildman–Crippen LogP) is -0.215. The lowest BCUT2D eigenvalue weighted by molar-refractivity contribution is -0.138. The summed E-state index contributed by atoms with van der Waals surface area (Å²) in [6, 6.07) is -0.832. The van der Waals surface area contributed by atoms with Crippen LogP contribution in [0, 0.1) is 5.41 Å². The minimum absolute atomic E-state index is 0.0268. The van der Waals surface area contributed by atoms with Gasteiger partial charge in [-0.1, -0.05) is 20.8 Å². The van der Waals surface area contributed by atoms with Crippen molar-refractivity contribution >= 4 is 5.97 Å². The second-order valence-corrected chi connectivity index (χ2v) is 4.78. The van der Waals surface area contributed by atoms with Crippen LogP contribution < -0.4 is 11.1 Å². The zero-order chi connectivity index (χ0) is 12.1. The minimum Gasteiger partial charge on any atom is -0.480 e. The number of aliphatic hydroxyl groups is 1. The lowest BCUT2D eigenvalue weighted by atomic mass is 9.85. The number of nitrogens with one attached hydrogen (secondary N) is 1. The van der Waals surface area contributed by atoms with Crippen molar-refractivity contribution in [3.63, 3.8) is 0 Å². The summed E-state index contributed by atoms with van der Waals surface area (Å²) in [5.41, 5.74) is 5.35. The summed E-state index contributed by atoms with van der Waals surface area (Å²) in [6.45, 7) is 6.40. The summed E-state index contributed by atoms with van der Waals surface area (Å²) < 4.78 is 0. The second-order valence-electron chi connectivity index (χ2n) is 4.78. The van der Waals surface area contributed by atoms with Crippen LogP contribution in [-0.4, -0.2) is 41.4 Å². The van der Waals surface area contributed by atoms with E-state index in [-0.39, 0.29) is 24.6 Å². The largest absolute Gasteiger partial charge is 0.480 e. The van der Waals surface area contributed by atoms with Gasteiger partial charge >= 0.3 is 5.97 Å². The van der Waals surface area contributed by atoms with Crippen molar-refractivity contribution in [3.05, 3.63) is 0 Å². The van der Waals surface area contributed by atoms with Gasteiger partial charge in [-0.25, -0.2) is 0 Å². The van der Waals surface area contributed by atoms with Crippen LogP contribution in [0.4, 0.5) is 0 Å². The van der Waals surface area contributed by atoms with Crippen molar-refractivity contribution in [2.75, 3.05) is 13.2 Å². The molecule has 0 aromatic heterocycles. The van der Waals surface area contributed by atoms with E-state index >= 15 is 0 Å². The highest BCUT2D eigenvalue weighted by Gasteiger charge is 2.24. The van der Waals surface area contributed by atoms with Crippen LogP contribution in [0.15, 0.2) is 0 Å². The molecule has 0 amide bonds. The molecule has 0 saturated heterocycles. The summed E-state index contributed by atoms with van der Waals surface area (Å²) in [6.07, 6.45) is 0.593. The number of nitrogens with two attached hydrogens (primary N) is 1. The Hall–Kier alpha value is -0.650. The molecule has 0 heterocycles. The molecule has 0 rings (SSSR count). The zero-order valence-electron chi connectivity index (χ0n) is 9.66. The van der Waals surface area contributed by atoms with Gasteiger partial charge in [-0.3, -0.25) is 4.79 Å². The van der Waals surface area contributed by atoms with Gasteiger partial charge in [-0.05, 0) is 11.8 Å². The maximum Gasteiger partial charge on any atom is 0.321 e. The Labute approximate surface area is 90.7 Å². The Kier molecular flexibility index (Phi) is 5.79. The topological polar surface area (TPSA) is 95.6 Å². The molecular weight excluding hydrogens is 196 g/mol. The molecule has 0 aliphatic rings. The van der Waals surface area contributed by atoms with Crippen LogP contribution in [0.3, 0.4) is 0 Å². The van der Waals surface area contributed by atoms with E-state index in [9.17, 15) is 4.79 Å². The molecule has 2 atom stereocenters. The molecule has 5 N–H and O–H groups in total. The highest BCUT2D eigenvalue weighted by atomic mass is 16.4. The highest BCUT2D eigenvalue weighted by molar-refractivity contribution is 5.73. The summed E-state index contributed by atoms with van der Waals surface area (Å²) in [4.78, 5) is 10.5. The Morgan fingerprint density at radius 3 is 2.33 bits per heavy atom. The number of carboxylic acid groups (broad SMARTS) is 1. The number of hydrogen-bond acceptors (Lipinski definition) is 4. The van der Waals surface area contributed by atoms with Crippen molar-refractivity contribution in [3.8, 4) is 0 Å². The van der Waals surface area contributed by atoms with E-state index < -0.39 is 12.0 Å². The fourth-order valence-corrected chi connectivity index (χ4v) is 1.33. The first-order valence-electron chi connectivity index (χ1n) is 5.11. The first kappa shape index (κ1) is 14.3. The molecule has 0 aliphatic heterocycles. The SMILES string of the molecule is CC(C)(C)C(CCO)NCC(N)C(=O)O. The molecule has 5 heteroatoms.